The van der Waals surface area contributed by atoms with Gasteiger partial charge in [-0.3, -0.25) is 9.59 Å². The van der Waals surface area contributed by atoms with Crippen LogP contribution in [0.3, 0.4) is 0 Å². The molecule has 136 valence electrons. The average molecular weight is 355 g/mol. The molecule has 2 unspecified atom stereocenters. The van der Waals surface area contributed by atoms with E-state index < -0.39 is 11.9 Å². The molecule has 1 aliphatic carbocycles. The number of carbonyl (C=O) groups is 2. The molecular weight excluding hydrogens is 334 g/mol. The van der Waals surface area contributed by atoms with Gasteiger partial charge in [-0.1, -0.05) is 6.42 Å². The minimum Gasteiger partial charge on any atom is -0.481 e. The molecule has 2 atom stereocenters. The van der Waals surface area contributed by atoms with Crippen LogP contribution in [0.15, 0.2) is 36.7 Å². The van der Waals surface area contributed by atoms with E-state index in [1.807, 2.05) is 6.92 Å². The topological polar surface area (TPSA) is 101 Å². The second kappa shape index (κ2) is 7.95. The maximum Gasteiger partial charge on any atom is 0.321 e. The van der Waals surface area contributed by atoms with Crippen LogP contribution in [0, 0.1) is 18.8 Å². The van der Waals surface area contributed by atoms with Crippen molar-refractivity contribution in [3.63, 3.8) is 0 Å². The van der Waals surface area contributed by atoms with Crippen LogP contribution in [-0.4, -0.2) is 27.0 Å². The summed E-state index contributed by atoms with van der Waals surface area (Å²) >= 11 is 0. The van der Waals surface area contributed by atoms with Crippen LogP contribution in [-0.2, 0) is 9.59 Å². The molecule has 26 heavy (non-hydrogen) atoms. The van der Waals surface area contributed by atoms with E-state index in [9.17, 15) is 9.59 Å². The smallest absolute Gasteiger partial charge is 0.321 e. The first-order chi connectivity index (χ1) is 12.5. The summed E-state index contributed by atoms with van der Waals surface area (Å²) in [5, 5.41) is 12.1. The predicted octanol–water partition coefficient (Wildman–Crippen LogP) is 3.41. The normalized spacial score (nSPS) is 19.6. The first kappa shape index (κ1) is 17.8. The summed E-state index contributed by atoms with van der Waals surface area (Å²) in [5.41, 5.74) is 1.53. The summed E-state index contributed by atoms with van der Waals surface area (Å²) in [7, 11) is 0. The van der Waals surface area contributed by atoms with Crippen molar-refractivity contribution >= 4 is 17.6 Å². The molecular formula is C19H21N3O4. The summed E-state index contributed by atoms with van der Waals surface area (Å²) in [6.45, 7) is 1.87. The largest absolute Gasteiger partial charge is 0.481 e. The molecule has 0 radical (unpaired) electrons. The molecule has 3 rings (SSSR count). The lowest BCUT2D eigenvalue weighted by molar-refractivity contribution is -0.143. The number of aliphatic carboxylic acids is 1. The van der Waals surface area contributed by atoms with Crippen molar-refractivity contribution in [1.29, 1.82) is 0 Å². The summed E-state index contributed by atoms with van der Waals surface area (Å²) in [5.74, 6) is -1.06. The quantitative estimate of drug-likeness (QED) is 0.852. The minimum atomic E-state index is -0.816. The Balaban J connectivity index is 1.64. The van der Waals surface area contributed by atoms with Crippen LogP contribution < -0.4 is 10.1 Å². The Hall–Kier alpha value is -2.96. The molecule has 7 nitrogen and oxygen atoms in total. The Morgan fingerprint density at radius 1 is 1.19 bits per heavy atom. The van der Waals surface area contributed by atoms with Crippen LogP contribution in [0.4, 0.5) is 5.69 Å². The summed E-state index contributed by atoms with van der Waals surface area (Å²) in [6.07, 6.45) is 5.72. The van der Waals surface area contributed by atoms with Gasteiger partial charge in [0.25, 0.3) is 0 Å². The van der Waals surface area contributed by atoms with E-state index in [1.165, 1.54) is 0 Å². The second-order valence-corrected chi connectivity index (χ2v) is 6.50. The molecule has 1 aromatic heterocycles. The molecule has 1 saturated carbocycles. The number of anilines is 1. The van der Waals surface area contributed by atoms with Gasteiger partial charge in [0.05, 0.1) is 5.92 Å². The highest BCUT2D eigenvalue weighted by Crippen LogP contribution is 2.31. The SMILES string of the molecule is Cc1cc(Oc2ncccn2)ccc1NC(=O)C1CCCC(C(=O)O)C1. The van der Waals surface area contributed by atoms with Crippen molar-refractivity contribution in [3.8, 4) is 11.8 Å². The third kappa shape index (κ3) is 4.36. The fraction of sp³-hybridized carbons (Fsp3) is 0.368. The van der Waals surface area contributed by atoms with E-state index in [2.05, 4.69) is 15.3 Å². The molecule has 1 fully saturated rings. The number of ether oxygens (including phenoxy) is 1. The van der Waals surface area contributed by atoms with Gasteiger partial charge in [-0.25, -0.2) is 9.97 Å². The molecule has 7 heteroatoms. The number of nitrogens with one attached hydrogen (secondary N) is 1. The predicted molar refractivity (Wildman–Crippen MR) is 95.0 cm³/mol. The lowest BCUT2D eigenvalue weighted by Crippen LogP contribution is -2.31. The molecule has 1 amide bonds. The number of hydrogen-bond acceptors (Lipinski definition) is 5. The molecule has 2 N–H and O–H groups in total. The van der Waals surface area contributed by atoms with E-state index >= 15 is 0 Å². The number of hydrogen-bond donors (Lipinski definition) is 2. The van der Waals surface area contributed by atoms with Gasteiger partial charge in [0.1, 0.15) is 5.75 Å². The summed E-state index contributed by atoms with van der Waals surface area (Å²) in [4.78, 5) is 31.7. The molecule has 1 aromatic carbocycles. The van der Waals surface area contributed by atoms with Crippen molar-refractivity contribution in [2.45, 2.75) is 32.6 Å². The zero-order valence-corrected chi connectivity index (χ0v) is 14.5. The van der Waals surface area contributed by atoms with Crippen molar-refractivity contribution in [2.24, 2.45) is 11.8 Å². The Bertz CT molecular complexity index is 795. The lowest BCUT2D eigenvalue weighted by Gasteiger charge is -2.26. The van der Waals surface area contributed by atoms with Crippen molar-refractivity contribution in [1.82, 2.24) is 9.97 Å². The number of aromatic nitrogens is 2. The minimum absolute atomic E-state index is 0.126. The first-order valence-electron chi connectivity index (χ1n) is 8.62. The number of carbonyl (C=O) groups excluding carboxylic acids is 1. The fourth-order valence-corrected chi connectivity index (χ4v) is 3.17. The number of rotatable bonds is 5. The van der Waals surface area contributed by atoms with Gasteiger partial charge in [-0.2, -0.15) is 0 Å². The number of nitrogens with zero attached hydrogens (tertiary/aromatic N) is 2. The molecule has 1 heterocycles. The zero-order valence-electron chi connectivity index (χ0n) is 14.5. The number of amides is 1. The third-order valence-corrected chi connectivity index (χ3v) is 4.60. The van der Waals surface area contributed by atoms with Gasteiger partial charge in [0.15, 0.2) is 0 Å². The third-order valence-electron chi connectivity index (χ3n) is 4.60. The van der Waals surface area contributed by atoms with Gasteiger partial charge in [0, 0.05) is 24.0 Å². The maximum absolute atomic E-state index is 12.5. The standard InChI is InChI=1S/C19H21N3O4/c1-12-10-15(26-19-20-8-3-9-21-19)6-7-16(12)22-17(23)13-4-2-5-14(11-13)18(24)25/h3,6-10,13-14H,2,4-5,11H2,1H3,(H,22,23)(H,24,25). The van der Waals surface area contributed by atoms with Crippen LogP contribution in [0.1, 0.15) is 31.2 Å². The van der Waals surface area contributed by atoms with E-state index in [4.69, 9.17) is 9.84 Å². The average Bonchev–Trinajstić information content (AvgIpc) is 2.65. The fourth-order valence-electron chi connectivity index (χ4n) is 3.17. The Morgan fingerprint density at radius 3 is 2.62 bits per heavy atom. The van der Waals surface area contributed by atoms with Crippen molar-refractivity contribution < 1.29 is 19.4 Å². The lowest BCUT2D eigenvalue weighted by atomic mass is 9.81. The van der Waals surface area contributed by atoms with Gasteiger partial charge in [-0.05, 0) is 56.0 Å². The maximum atomic E-state index is 12.5. The molecule has 0 bridgehead atoms. The number of benzene rings is 1. The van der Waals surface area contributed by atoms with Gasteiger partial charge in [0.2, 0.25) is 5.91 Å². The van der Waals surface area contributed by atoms with Gasteiger partial charge < -0.3 is 15.2 Å². The molecule has 0 saturated heterocycles. The monoisotopic (exact) mass is 355 g/mol. The zero-order chi connectivity index (χ0) is 18.5. The Morgan fingerprint density at radius 2 is 1.92 bits per heavy atom. The summed E-state index contributed by atoms with van der Waals surface area (Å²) in [6, 6.07) is 7.26. The van der Waals surface area contributed by atoms with Crippen LogP contribution >= 0.6 is 0 Å². The highest BCUT2D eigenvalue weighted by atomic mass is 16.5. The van der Waals surface area contributed by atoms with E-state index in [1.54, 1.807) is 36.7 Å². The van der Waals surface area contributed by atoms with E-state index in [0.29, 0.717) is 24.3 Å². The Kier molecular flexibility index (Phi) is 5.46. The number of aryl methyl sites for hydroxylation is 1. The Labute approximate surface area is 151 Å². The highest BCUT2D eigenvalue weighted by Gasteiger charge is 2.31. The van der Waals surface area contributed by atoms with Crippen molar-refractivity contribution in [3.05, 3.63) is 42.2 Å². The van der Waals surface area contributed by atoms with Crippen LogP contribution in [0.5, 0.6) is 11.8 Å². The number of carboxylic acid groups (broad SMARTS) is 1. The van der Waals surface area contributed by atoms with E-state index in [0.717, 1.165) is 18.4 Å². The van der Waals surface area contributed by atoms with E-state index in [-0.39, 0.29) is 17.8 Å². The van der Waals surface area contributed by atoms with Crippen molar-refractivity contribution in [2.75, 3.05) is 5.32 Å². The molecule has 0 spiro atoms. The molecule has 2 aromatic rings. The molecule has 1 aliphatic rings. The second-order valence-electron chi connectivity index (χ2n) is 6.50. The number of carboxylic acids is 1. The first-order valence-corrected chi connectivity index (χ1v) is 8.62. The summed E-state index contributed by atoms with van der Waals surface area (Å²) < 4.78 is 5.58. The highest BCUT2D eigenvalue weighted by molar-refractivity contribution is 5.93. The van der Waals surface area contributed by atoms with Crippen LogP contribution in [0.25, 0.3) is 0 Å². The van der Waals surface area contributed by atoms with Gasteiger partial charge in [-0.15, -0.1) is 0 Å². The molecule has 0 aliphatic heterocycles. The van der Waals surface area contributed by atoms with Gasteiger partial charge >= 0.3 is 12.0 Å². The van der Waals surface area contributed by atoms with Crippen LogP contribution in [0.2, 0.25) is 0 Å².